The van der Waals surface area contributed by atoms with Crippen LogP contribution in [0.15, 0.2) is 0 Å². The molecule has 0 saturated heterocycles. The number of carbonyl (C=O) groups is 3. The summed E-state index contributed by atoms with van der Waals surface area (Å²) in [4.78, 5) is 34.3. The molecule has 2 amide bonds. The van der Waals surface area contributed by atoms with E-state index >= 15 is 0 Å². The second kappa shape index (κ2) is 7.87. The molecule has 0 aliphatic heterocycles. The SMILES string of the molecule is CC(C)CC(NC(=O)OC(C)(C)C)C(=O)NC(C)C=O. The summed E-state index contributed by atoms with van der Waals surface area (Å²) in [5, 5.41) is 5.07. The molecule has 20 heavy (non-hydrogen) atoms. The monoisotopic (exact) mass is 286 g/mol. The highest BCUT2D eigenvalue weighted by molar-refractivity contribution is 5.87. The van der Waals surface area contributed by atoms with Gasteiger partial charge in [0.05, 0.1) is 6.04 Å². The summed E-state index contributed by atoms with van der Waals surface area (Å²) >= 11 is 0. The van der Waals surface area contributed by atoms with Crippen molar-refractivity contribution in [3.63, 3.8) is 0 Å². The van der Waals surface area contributed by atoms with Gasteiger partial charge in [-0.3, -0.25) is 4.79 Å². The van der Waals surface area contributed by atoms with Gasteiger partial charge < -0.3 is 20.2 Å². The van der Waals surface area contributed by atoms with Gasteiger partial charge in [-0.05, 0) is 40.0 Å². The zero-order valence-electron chi connectivity index (χ0n) is 13.1. The Morgan fingerprint density at radius 2 is 1.70 bits per heavy atom. The third-order valence-electron chi connectivity index (χ3n) is 2.29. The fraction of sp³-hybridized carbons (Fsp3) is 0.786. The predicted octanol–water partition coefficient (Wildman–Crippen LogP) is 1.63. The molecule has 0 saturated carbocycles. The Morgan fingerprint density at radius 3 is 2.10 bits per heavy atom. The Labute approximate surface area is 120 Å². The maximum absolute atomic E-state index is 12.0. The van der Waals surface area contributed by atoms with Crippen LogP contribution in [0.25, 0.3) is 0 Å². The molecular formula is C14H26N2O4. The number of ether oxygens (including phenoxy) is 1. The van der Waals surface area contributed by atoms with Gasteiger partial charge in [0.2, 0.25) is 5.91 Å². The molecule has 0 fully saturated rings. The van der Waals surface area contributed by atoms with Gasteiger partial charge >= 0.3 is 6.09 Å². The van der Waals surface area contributed by atoms with E-state index in [0.717, 1.165) is 0 Å². The van der Waals surface area contributed by atoms with E-state index in [9.17, 15) is 14.4 Å². The Kier molecular flexibility index (Phi) is 7.24. The lowest BCUT2D eigenvalue weighted by atomic mass is 10.0. The first kappa shape index (κ1) is 18.4. The summed E-state index contributed by atoms with van der Waals surface area (Å²) in [6.45, 7) is 10.7. The van der Waals surface area contributed by atoms with Gasteiger partial charge in [-0.25, -0.2) is 4.79 Å². The summed E-state index contributed by atoms with van der Waals surface area (Å²) in [6, 6.07) is -1.30. The quantitative estimate of drug-likeness (QED) is 0.727. The number of alkyl carbamates (subject to hydrolysis) is 1. The molecule has 2 atom stereocenters. The van der Waals surface area contributed by atoms with Crippen molar-refractivity contribution in [3.8, 4) is 0 Å². The molecule has 0 aliphatic rings. The maximum Gasteiger partial charge on any atom is 0.408 e. The molecule has 0 aliphatic carbocycles. The van der Waals surface area contributed by atoms with Crippen molar-refractivity contribution in [2.75, 3.05) is 0 Å². The largest absolute Gasteiger partial charge is 0.444 e. The van der Waals surface area contributed by atoms with Crippen molar-refractivity contribution < 1.29 is 19.1 Å². The Hall–Kier alpha value is -1.59. The lowest BCUT2D eigenvalue weighted by molar-refractivity contribution is -0.125. The second-order valence-corrected chi connectivity index (χ2v) is 6.26. The smallest absolute Gasteiger partial charge is 0.408 e. The topological polar surface area (TPSA) is 84.5 Å². The third kappa shape index (κ3) is 8.50. The van der Waals surface area contributed by atoms with Crippen molar-refractivity contribution in [2.45, 2.75) is 65.6 Å². The predicted molar refractivity (Wildman–Crippen MR) is 76.3 cm³/mol. The van der Waals surface area contributed by atoms with Gasteiger partial charge in [0.15, 0.2) is 0 Å². The third-order valence-corrected chi connectivity index (χ3v) is 2.29. The fourth-order valence-corrected chi connectivity index (χ4v) is 1.51. The average molecular weight is 286 g/mol. The van der Waals surface area contributed by atoms with E-state index in [4.69, 9.17) is 4.74 Å². The number of amides is 2. The van der Waals surface area contributed by atoms with Crippen molar-refractivity contribution >= 4 is 18.3 Å². The standard InChI is InChI=1S/C14H26N2O4/c1-9(2)7-11(12(18)15-10(3)8-17)16-13(19)20-14(4,5)6/h8-11H,7H2,1-6H3,(H,15,18)(H,16,19). The van der Waals surface area contributed by atoms with Gasteiger partial charge in [-0.15, -0.1) is 0 Å². The van der Waals surface area contributed by atoms with Gasteiger partial charge in [0, 0.05) is 0 Å². The van der Waals surface area contributed by atoms with Crippen LogP contribution < -0.4 is 10.6 Å². The second-order valence-electron chi connectivity index (χ2n) is 6.26. The highest BCUT2D eigenvalue weighted by atomic mass is 16.6. The van der Waals surface area contributed by atoms with Crippen LogP contribution in [0.5, 0.6) is 0 Å². The van der Waals surface area contributed by atoms with Gasteiger partial charge in [0.1, 0.15) is 17.9 Å². The molecule has 6 nitrogen and oxygen atoms in total. The molecular weight excluding hydrogens is 260 g/mol. The molecule has 0 aromatic rings. The minimum atomic E-state index is -0.716. The zero-order valence-corrected chi connectivity index (χ0v) is 13.1. The van der Waals surface area contributed by atoms with Crippen LogP contribution in [-0.2, 0) is 14.3 Å². The van der Waals surface area contributed by atoms with Crippen molar-refractivity contribution in [1.29, 1.82) is 0 Å². The van der Waals surface area contributed by atoms with Gasteiger partial charge in [-0.2, -0.15) is 0 Å². The van der Waals surface area contributed by atoms with Gasteiger partial charge in [0.25, 0.3) is 0 Å². The molecule has 6 heteroatoms. The normalized spacial score (nSPS) is 14.3. The van der Waals surface area contributed by atoms with Crippen LogP contribution >= 0.6 is 0 Å². The van der Waals surface area contributed by atoms with E-state index in [0.29, 0.717) is 12.7 Å². The first-order chi connectivity index (χ1) is 9.05. The lowest BCUT2D eigenvalue weighted by Gasteiger charge is -2.24. The van der Waals surface area contributed by atoms with Gasteiger partial charge in [-0.1, -0.05) is 13.8 Å². The molecule has 116 valence electrons. The molecule has 0 spiro atoms. The molecule has 2 unspecified atom stereocenters. The lowest BCUT2D eigenvalue weighted by Crippen LogP contribution is -2.50. The zero-order chi connectivity index (χ0) is 15.9. The number of aldehydes is 1. The summed E-state index contributed by atoms with van der Waals surface area (Å²) in [7, 11) is 0. The number of rotatable bonds is 6. The summed E-state index contributed by atoms with van der Waals surface area (Å²) in [5.41, 5.74) is -0.626. The fourth-order valence-electron chi connectivity index (χ4n) is 1.51. The van der Waals surface area contributed by atoms with Crippen LogP contribution in [0.3, 0.4) is 0 Å². The van der Waals surface area contributed by atoms with E-state index in [2.05, 4.69) is 10.6 Å². The minimum Gasteiger partial charge on any atom is -0.444 e. The van der Waals surface area contributed by atoms with E-state index in [1.165, 1.54) is 0 Å². The van der Waals surface area contributed by atoms with E-state index < -0.39 is 23.8 Å². The number of carbonyl (C=O) groups excluding carboxylic acids is 3. The van der Waals surface area contributed by atoms with Crippen LogP contribution in [0.2, 0.25) is 0 Å². The minimum absolute atomic E-state index is 0.215. The van der Waals surface area contributed by atoms with E-state index in [1.54, 1.807) is 27.7 Å². The Bertz CT molecular complexity index is 348. The van der Waals surface area contributed by atoms with Crippen LogP contribution in [0.4, 0.5) is 4.79 Å². The maximum atomic E-state index is 12.0. The van der Waals surface area contributed by atoms with Crippen LogP contribution in [-0.4, -0.2) is 36.0 Å². The number of hydrogen-bond acceptors (Lipinski definition) is 4. The Morgan fingerprint density at radius 1 is 1.15 bits per heavy atom. The summed E-state index contributed by atoms with van der Waals surface area (Å²) in [5.74, 6) is -0.170. The molecule has 0 rings (SSSR count). The average Bonchev–Trinajstić information content (AvgIpc) is 2.24. The van der Waals surface area contributed by atoms with Crippen molar-refractivity contribution in [3.05, 3.63) is 0 Å². The molecule has 2 N–H and O–H groups in total. The Balaban J connectivity index is 4.67. The number of nitrogens with one attached hydrogen (secondary N) is 2. The van der Waals surface area contributed by atoms with Crippen LogP contribution in [0.1, 0.15) is 48.0 Å². The highest BCUT2D eigenvalue weighted by Crippen LogP contribution is 2.09. The van der Waals surface area contributed by atoms with E-state index in [1.807, 2.05) is 13.8 Å². The first-order valence-corrected chi connectivity index (χ1v) is 6.80. The first-order valence-electron chi connectivity index (χ1n) is 6.80. The summed E-state index contributed by atoms with van der Waals surface area (Å²) in [6.07, 6.45) is 0.464. The molecule has 0 radical (unpaired) electrons. The highest BCUT2D eigenvalue weighted by Gasteiger charge is 2.25. The molecule has 0 aromatic carbocycles. The molecule has 0 bridgehead atoms. The molecule has 0 heterocycles. The van der Waals surface area contributed by atoms with Crippen LogP contribution in [0, 0.1) is 5.92 Å². The van der Waals surface area contributed by atoms with E-state index in [-0.39, 0.29) is 11.8 Å². The number of hydrogen-bond donors (Lipinski definition) is 2. The van der Waals surface area contributed by atoms with Crippen molar-refractivity contribution in [2.24, 2.45) is 5.92 Å². The summed E-state index contributed by atoms with van der Waals surface area (Å²) < 4.78 is 5.13. The van der Waals surface area contributed by atoms with Crippen molar-refractivity contribution in [1.82, 2.24) is 10.6 Å². The molecule has 0 aromatic heterocycles.